The highest BCUT2D eigenvalue weighted by Crippen LogP contribution is 2.28. The van der Waals surface area contributed by atoms with E-state index in [0.717, 1.165) is 18.5 Å². The molecule has 0 saturated heterocycles. The van der Waals surface area contributed by atoms with Crippen LogP contribution in [0.5, 0.6) is 0 Å². The van der Waals surface area contributed by atoms with Gasteiger partial charge in [-0.2, -0.15) is 0 Å². The normalized spacial score (nSPS) is 14.3. The summed E-state index contributed by atoms with van der Waals surface area (Å²) in [7, 11) is 0. The van der Waals surface area contributed by atoms with Crippen LogP contribution in [-0.4, -0.2) is 16.9 Å². The van der Waals surface area contributed by atoms with Gasteiger partial charge in [0.15, 0.2) is 0 Å². The lowest BCUT2D eigenvalue weighted by Gasteiger charge is -2.22. The van der Waals surface area contributed by atoms with Crippen LogP contribution in [0.4, 0.5) is 17.1 Å². The van der Waals surface area contributed by atoms with Gasteiger partial charge in [0, 0.05) is 23.5 Å². The number of non-ortho nitro benzene ring substituents is 1. The van der Waals surface area contributed by atoms with Crippen LogP contribution in [-0.2, 0) is 17.6 Å². The maximum atomic E-state index is 12.4. The molecule has 1 atom stereocenters. The Labute approximate surface area is 146 Å². The van der Waals surface area contributed by atoms with E-state index in [4.69, 9.17) is 0 Å². The van der Waals surface area contributed by atoms with Crippen molar-refractivity contribution >= 4 is 23.0 Å². The molecule has 1 amide bonds. The Kier molecular flexibility index (Phi) is 4.97. The maximum absolute atomic E-state index is 12.4. The second-order valence-corrected chi connectivity index (χ2v) is 6.31. The molecule has 2 aromatic carbocycles. The van der Waals surface area contributed by atoms with Crippen LogP contribution < -0.4 is 10.6 Å². The fourth-order valence-corrected chi connectivity index (χ4v) is 3.16. The van der Waals surface area contributed by atoms with Crippen LogP contribution in [0.25, 0.3) is 0 Å². The predicted octanol–water partition coefficient (Wildman–Crippen LogP) is 3.91. The van der Waals surface area contributed by atoms with Gasteiger partial charge in [0.05, 0.1) is 4.92 Å². The number of hydrogen-bond acceptors (Lipinski definition) is 4. The van der Waals surface area contributed by atoms with Gasteiger partial charge < -0.3 is 10.6 Å². The third kappa shape index (κ3) is 3.96. The number of fused-ring (bicyclic) bond motifs is 1. The molecule has 0 bridgehead atoms. The molecule has 0 heterocycles. The van der Waals surface area contributed by atoms with Crippen molar-refractivity contribution in [3.05, 3.63) is 63.7 Å². The zero-order valence-electron chi connectivity index (χ0n) is 14.1. The highest BCUT2D eigenvalue weighted by Gasteiger charge is 2.18. The lowest BCUT2D eigenvalue weighted by atomic mass is 9.90. The number of nitrogens with one attached hydrogen (secondary N) is 2. The highest BCUT2D eigenvalue weighted by molar-refractivity contribution is 5.96. The minimum absolute atomic E-state index is 0.0458. The van der Waals surface area contributed by atoms with Crippen LogP contribution in [0.3, 0.4) is 0 Å². The largest absolute Gasteiger partial charge is 0.374 e. The SMILES string of the molecule is CC(Nc1cccc2c1CCCC2)C(=O)Nc1cccc([N+](=O)[O-])c1. The Hall–Kier alpha value is -2.89. The molecular formula is C19H21N3O3. The molecule has 1 aliphatic carbocycles. The summed E-state index contributed by atoms with van der Waals surface area (Å²) in [6, 6.07) is 11.7. The Morgan fingerprint density at radius 3 is 2.72 bits per heavy atom. The number of nitro benzene ring substituents is 1. The monoisotopic (exact) mass is 339 g/mol. The third-order valence-corrected chi connectivity index (χ3v) is 4.49. The first-order chi connectivity index (χ1) is 12.0. The topological polar surface area (TPSA) is 84.3 Å². The first kappa shape index (κ1) is 17.0. The van der Waals surface area contributed by atoms with E-state index < -0.39 is 11.0 Å². The molecule has 2 N–H and O–H groups in total. The Morgan fingerprint density at radius 1 is 1.16 bits per heavy atom. The summed E-state index contributed by atoms with van der Waals surface area (Å²) in [6.45, 7) is 1.79. The Balaban J connectivity index is 1.69. The number of amides is 1. The Bertz CT molecular complexity index is 804. The molecule has 25 heavy (non-hydrogen) atoms. The lowest BCUT2D eigenvalue weighted by Crippen LogP contribution is -2.32. The van der Waals surface area contributed by atoms with Gasteiger partial charge in [-0.15, -0.1) is 0 Å². The van der Waals surface area contributed by atoms with E-state index in [1.54, 1.807) is 19.1 Å². The minimum Gasteiger partial charge on any atom is -0.374 e. The van der Waals surface area contributed by atoms with Crippen LogP contribution in [0, 0.1) is 10.1 Å². The number of nitrogens with zero attached hydrogens (tertiary/aromatic N) is 1. The van der Waals surface area contributed by atoms with Gasteiger partial charge in [0.1, 0.15) is 6.04 Å². The number of aryl methyl sites for hydroxylation is 1. The minimum atomic E-state index is -0.479. The number of nitro groups is 1. The number of rotatable bonds is 5. The number of carbonyl (C=O) groups is 1. The van der Waals surface area contributed by atoms with Crippen LogP contribution in [0.1, 0.15) is 30.9 Å². The predicted molar refractivity (Wildman–Crippen MR) is 97.9 cm³/mol. The Morgan fingerprint density at radius 2 is 1.92 bits per heavy atom. The van der Waals surface area contributed by atoms with Gasteiger partial charge in [-0.3, -0.25) is 14.9 Å². The van der Waals surface area contributed by atoms with E-state index >= 15 is 0 Å². The zero-order chi connectivity index (χ0) is 17.8. The zero-order valence-corrected chi connectivity index (χ0v) is 14.1. The molecule has 0 saturated carbocycles. The number of benzene rings is 2. The maximum Gasteiger partial charge on any atom is 0.271 e. The van der Waals surface area contributed by atoms with Crippen molar-refractivity contribution in [1.29, 1.82) is 0 Å². The van der Waals surface area contributed by atoms with Crippen molar-refractivity contribution in [2.45, 2.75) is 38.6 Å². The van der Waals surface area contributed by atoms with Gasteiger partial charge in [-0.25, -0.2) is 0 Å². The quantitative estimate of drug-likeness (QED) is 0.639. The fraction of sp³-hybridized carbons (Fsp3) is 0.316. The van der Waals surface area contributed by atoms with E-state index in [0.29, 0.717) is 5.69 Å². The van der Waals surface area contributed by atoms with Crippen molar-refractivity contribution in [3.8, 4) is 0 Å². The number of hydrogen-bond donors (Lipinski definition) is 2. The molecule has 6 nitrogen and oxygen atoms in total. The fourth-order valence-electron chi connectivity index (χ4n) is 3.16. The molecule has 3 rings (SSSR count). The van der Waals surface area contributed by atoms with E-state index in [9.17, 15) is 14.9 Å². The summed E-state index contributed by atoms with van der Waals surface area (Å²) in [5, 5.41) is 16.8. The first-order valence-corrected chi connectivity index (χ1v) is 8.47. The van der Waals surface area contributed by atoms with Gasteiger partial charge in [0.2, 0.25) is 5.91 Å². The van der Waals surface area contributed by atoms with Crippen LogP contribution in [0.15, 0.2) is 42.5 Å². The summed E-state index contributed by atoms with van der Waals surface area (Å²) < 4.78 is 0. The third-order valence-electron chi connectivity index (χ3n) is 4.49. The number of anilines is 2. The van der Waals surface area contributed by atoms with Gasteiger partial charge in [0.25, 0.3) is 5.69 Å². The van der Waals surface area contributed by atoms with Crippen molar-refractivity contribution in [1.82, 2.24) is 0 Å². The molecule has 6 heteroatoms. The average molecular weight is 339 g/mol. The van der Waals surface area contributed by atoms with Crippen molar-refractivity contribution in [2.24, 2.45) is 0 Å². The summed E-state index contributed by atoms with van der Waals surface area (Å²) >= 11 is 0. The molecule has 2 aromatic rings. The molecule has 0 radical (unpaired) electrons. The molecule has 1 unspecified atom stereocenters. The summed E-state index contributed by atoms with van der Waals surface area (Å²) in [5.41, 5.74) is 4.02. The van der Waals surface area contributed by atoms with Crippen molar-refractivity contribution in [2.75, 3.05) is 10.6 Å². The van der Waals surface area contributed by atoms with Crippen molar-refractivity contribution < 1.29 is 9.72 Å². The van der Waals surface area contributed by atoms with Crippen LogP contribution in [0.2, 0.25) is 0 Å². The molecule has 0 aromatic heterocycles. The second kappa shape index (κ2) is 7.34. The number of carbonyl (C=O) groups excluding carboxylic acids is 1. The van der Waals surface area contributed by atoms with E-state index in [-0.39, 0.29) is 11.6 Å². The molecule has 0 aliphatic heterocycles. The smallest absolute Gasteiger partial charge is 0.271 e. The van der Waals surface area contributed by atoms with Crippen molar-refractivity contribution in [3.63, 3.8) is 0 Å². The van der Waals surface area contributed by atoms with E-state index in [2.05, 4.69) is 16.7 Å². The standard InChI is InChI=1S/C19H21N3O3/c1-13(19(23)21-15-8-5-9-16(12-15)22(24)25)20-18-11-4-7-14-6-2-3-10-17(14)18/h4-5,7-9,11-13,20H,2-3,6,10H2,1H3,(H,21,23). The lowest BCUT2D eigenvalue weighted by molar-refractivity contribution is -0.384. The summed E-state index contributed by atoms with van der Waals surface area (Å²) in [6.07, 6.45) is 4.48. The second-order valence-electron chi connectivity index (χ2n) is 6.31. The summed E-state index contributed by atoms with van der Waals surface area (Å²) in [4.78, 5) is 22.8. The molecular weight excluding hydrogens is 318 g/mol. The first-order valence-electron chi connectivity index (χ1n) is 8.47. The molecule has 130 valence electrons. The van der Waals surface area contributed by atoms with E-state index in [1.165, 1.54) is 36.1 Å². The molecule has 0 spiro atoms. The van der Waals surface area contributed by atoms with E-state index in [1.807, 2.05) is 12.1 Å². The molecule has 0 fully saturated rings. The highest BCUT2D eigenvalue weighted by atomic mass is 16.6. The van der Waals surface area contributed by atoms with Crippen LogP contribution >= 0.6 is 0 Å². The van der Waals surface area contributed by atoms with Gasteiger partial charge in [-0.05, 0) is 55.9 Å². The summed E-state index contributed by atoms with van der Waals surface area (Å²) in [5.74, 6) is -0.228. The average Bonchev–Trinajstić information content (AvgIpc) is 2.62. The van der Waals surface area contributed by atoms with Gasteiger partial charge in [-0.1, -0.05) is 18.2 Å². The molecule has 1 aliphatic rings. The van der Waals surface area contributed by atoms with Gasteiger partial charge >= 0.3 is 0 Å².